The Morgan fingerprint density at radius 3 is 1.27 bits per heavy atom. The lowest BCUT2D eigenvalue weighted by Crippen LogP contribution is -2.35. The Morgan fingerprint density at radius 2 is 1.00 bits per heavy atom. The van der Waals surface area contributed by atoms with E-state index >= 15 is 0 Å². The summed E-state index contributed by atoms with van der Waals surface area (Å²) in [6.45, 7) is 9.43. The molecule has 0 unspecified atom stereocenters. The molecule has 2 fully saturated rings. The average Bonchev–Trinajstić information content (AvgIpc) is 3.14. The zero-order valence-corrected chi connectivity index (χ0v) is 16.7. The predicted molar refractivity (Wildman–Crippen MR) is 103 cm³/mol. The highest BCUT2D eigenvalue weighted by Crippen LogP contribution is 2.33. The van der Waals surface area contributed by atoms with Crippen molar-refractivity contribution in [2.75, 3.05) is 11.5 Å². The second-order valence-electron chi connectivity index (χ2n) is 7.45. The van der Waals surface area contributed by atoms with Gasteiger partial charge < -0.3 is 0 Å². The van der Waals surface area contributed by atoms with E-state index in [9.17, 15) is 0 Å². The summed E-state index contributed by atoms with van der Waals surface area (Å²) in [5.74, 6) is 2.52. The second-order valence-corrected chi connectivity index (χ2v) is 9.63. The van der Waals surface area contributed by atoms with Crippen molar-refractivity contribution < 1.29 is 0 Å². The lowest BCUT2D eigenvalue weighted by atomic mass is 10.2. The maximum absolute atomic E-state index is 2.70. The number of nitrogens with zero attached hydrogens (tertiary/aromatic N) is 2. The molecule has 0 aromatic heterocycles. The molecule has 0 N–H and O–H groups in total. The maximum atomic E-state index is 2.70. The molecule has 0 aliphatic heterocycles. The van der Waals surface area contributed by atoms with Gasteiger partial charge in [0.1, 0.15) is 0 Å². The van der Waals surface area contributed by atoms with Crippen molar-refractivity contribution in [3.8, 4) is 0 Å². The predicted octanol–water partition coefficient (Wildman–Crippen LogP) is 5.59. The van der Waals surface area contributed by atoms with E-state index in [4.69, 9.17) is 0 Å². The molecule has 0 bridgehead atoms. The zero-order chi connectivity index (χ0) is 15.9. The van der Waals surface area contributed by atoms with E-state index in [0.717, 1.165) is 12.1 Å². The minimum Gasteiger partial charge on any atom is -0.245 e. The van der Waals surface area contributed by atoms with Crippen LogP contribution in [-0.2, 0) is 0 Å². The van der Waals surface area contributed by atoms with Gasteiger partial charge in [-0.05, 0) is 53.4 Å². The van der Waals surface area contributed by atoms with E-state index in [2.05, 4.69) is 60.2 Å². The van der Waals surface area contributed by atoms with E-state index < -0.39 is 0 Å². The molecule has 0 amide bonds. The third kappa shape index (κ3) is 5.61. The first-order valence-electron chi connectivity index (χ1n) is 9.42. The van der Waals surface area contributed by atoms with Gasteiger partial charge in [-0.25, -0.2) is 8.61 Å². The normalized spacial score (nSPS) is 21.3. The fourth-order valence-corrected chi connectivity index (χ4v) is 6.41. The van der Waals surface area contributed by atoms with Crippen LogP contribution in [-0.4, -0.2) is 44.3 Å². The van der Waals surface area contributed by atoms with Gasteiger partial charge in [-0.1, -0.05) is 49.6 Å². The first-order valence-corrected chi connectivity index (χ1v) is 11.3. The number of hydrogen-bond acceptors (Lipinski definition) is 4. The van der Waals surface area contributed by atoms with E-state index in [1.54, 1.807) is 0 Å². The van der Waals surface area contributed by atoms with Gasteiger partial charge in [-0.2, -0.15) is 0 Å². The lowest BCUT2D eigenvalue weighted by molar-refractivity contribution is 0.302. The third-order valence-electron chi connectivity index (χ3n) is 4.95. The summed E-state index contributed by atoms with van der Waals surface area (Å²) >= 11 is 4.22. The van der Waals surface area contributed by atoms with Crippen molar-refractivity contribution in [3.63, 3.8) is 0 Å². The van der Waals surface area contributed by atoms with Crippen molar-refractivity contribution in [1.29, 1.82) is 0 Å². The molecule has 0 aromatic rings. The summed E-state index contributed by atoms with van der Waals surface area (Å²) in [6, 6.07) is 3.03. The van der Waals surface area contributed by atoms with Crippen LogP contribution < -0.4 is 0 Å². The Labute approximate surface area is 147 Å². The Hall–Kier alpha value is 0.620. The fourth-order valence-electron chi connectivity index (χ4n) is 3.96. The topological polar surface area (TPSA) is 6.48 Å². The smallest absolute Gasteiger partial charge is 0.0205 e. The van der Waals surface area contributed by atoms with Gasteiger partial charge in [0.15, 0.2) is 0 Å². The molecule has 130 valence electrons. The largest absolute Gasteiger partial charge is 0.245 e. The Balaban J connectivity index is 1.71. The summed E-state index contributed by atoms with van der Waals surface area (Å²) in [5.41, 5.74) is 0. The van der Waals surface area contributed by atoms with Crippen molar-refractivity contribution in [3.05, 3.63) is 0 Å². The Kier molecular flexibility index (Phi) is 8.45. The highest BCUT2D eigenvalue weighted by molar-refractivity contribution is 8.00. The van der Waals surface area contributed by atoms with Crippen molar-refractivity contribution >= 4 is 23.9 Å². The van der Waals surface area contributed by atoms with Gasteiger partial charge >= 0.3 is 0 Å². The SMILES string of the molecule is CC(C)N(SCCSN(C(C)C)C1CCCC1)C1CCCC1. The standard InChI is InChI=1S/C18H36N2S2/c1-15(2)19(17-9-5-6-10-17)21-13-14-22-20(16(3)4)18-11-7-8-12-18/h15-18H,5-14H2,1-4H3. The summed E-state index contributed by atoms with van der Waals surface area (Å²) in [4.78, 5) is 0. The molecule has 2 aliphatic carbocycles. The average molecular weight is 345 g/mol. The van der Waals surface area contributed by atoms with Gasteiger partial charge in [0.25, 0.3) is 0 Å². The van der Waals surface area contributed by atoms with Crippen LogP contribution in [0.5, 0.6) is 0 Å². The van der Waals surface area contributed by atoms with Gasteiger partial charge in [-0.15, -0.1) is 0 Å². The minimum atomic E-state index is 0.675. The molecule has 2 saturated carbocycles. The Bertz CT molecular complexity index is 267. The molecule has 0 aromatic carbocycles. The number of rotatable bonds is 9. The molecule has 2 aliphatic rings. The third-order valence-corrected chi connectivity index (χ3v) is 8.02. The molecule has 2 rings (SSSR count). The van der Waals surface area contributed by atoms with Crippen LogP contribution in [0.25, 0.3) is 0 Å². The molecule has 4 heteroatoms. The fraction of sp³-hybridized carbons (Fsp3) is 1.00. The maximum Gasteiger partial charge on any atom is 0.0205 e. The van der Waals surface area contributed by atoms with E-state index in [1.807, 2.05) is 0 Å². The minimum absolute atomic E-state index is 0.675. The first-order chi connectivity index (χ1) is 10.6. The van der Waals surface area contributed by atoms with E-state index in [-0.39, 0.29) is 0 Å². The number of hydrogen-bond donors (Lipinski definition) is 0. The molecule has 0 spiro atoms. The molecule has 2 nitrogen and oxygen atoms in total. The molecular formula is C18H36N2S2. The van der Waals surface area contributed by atoms with E-state index in [1.165, 1.54) is 62.9 Å². The van der Waals surface area contributed by atoms with Crippen molar-refractivity contribution in [2.45, 2.75) is 103 Å². The van der Waals surface area contributed by atoms with Crippen LogP contribution in [0, 0.1) is 0 Å². The zero-order valence-electron chi connectivity index (χ0n) is 15.1. The van der Waals surface area contributed by atoms with Crippen molar-refractivity contribution in [2.24, 2.45) is 0 Å². The van der Waals surface area contributed by atoms with Gasteiger partial charge in [-0.3, -0.25) is 0 Å². The quantitative estimate of drug-likeness (QED) is 0.397. The first kappa shape index (κ1) is 19.0. The van der Waals surface area contributed by atoms with Crippen LogP contribution in [0.15, 0.2) is 0 Å². The molecule has 0 saturated heterocycles. The molecule has 0 atom stereocenters. The summed E-state index contributed by atoms with van der Waals surface area (Å²) in [6.07, 6.45) is 11.4. The second kappa shape index (κ2) is 9.80. The molecule has 0 heterocycles. The van der Waals surface area contributed by atoms with Crippen LogP contribution in [0.3, 0.4) is 0 Å². The van der Waals surface area contributed by atoms with Crippen LogP contribution in [0.4, 0.5) is 0 Å². The summed E-state index contributed by atoms with van der Waals surface area (Å²) in [5, 5.41) is 0. The van der Waals surface area contributed by atoms with Crippen LogP contribution in [0.1, 0.15) is 79.1 Å². The molecule has 22 heavy (non-hydrogen) atoms. The lowest BCUT2D eigenvalue weighted by Gasteiger charge is -2.33. The van der Waals surface area contributed by atoms with E-state index in [0.29, 0.717) is 12.1 Å². The van der Waals surface area contributed by atoms with Crippen LogP contribution >= 0.6 is 23.9 Å². The van der Waals surface area contributed by atoms with Gasteiger partial charge in [0.2, 0.25) is 0 Å². The van der Waals surface area contributed by atoms with Gasteiger partial charge in [0, 0.05) is 35.7 Å². The highest BCUT2D eigenvalue weighted by atomic mass is 32.2. The molecular weight excluding hydrogens is 308 g/mol. The summed E-state index contributed by atoms with van der Waals surface area (Å²) in [7, 11) is 0. The summed E-state index contributed by atoms with van der Waals surface area (Å²) < 4.78 is 5.39. The Morgan fingerprint density at radius 1 is 0.682 bits per heavy atom. The highest BCUT2D eigenvalue weighted by Gasteiger charge is 2.27. The van der Waals surface area contributed by atoms with Crippen LogP contribution in [0.2, 0.25) is 0 Å². The van der Waals surface area contributed by atoms with Gasteiger partial charge in [0.05, 0.1) is 0 Å². The monoisotopic (exact) mass is 344 g/mol. The molecule has 0 radical (unpaired) electrons. The van der Waals surface area contributed by atoms with Crippen molar-refractivity contribution in [1.82, 2.24) is 8.61 Å².